The Balaban J connectivity index is 1.62. The van der Waals surface area contributed by atoms with Crippen LogP contribution in [0.25, 0.3) is 0 Å². The van der Waals surface area contributed by atoms with E-state index in [0.29, 0.717) is 18.7 Å². The van der Waals surface area contributed by atoms with Crippen LogP contribution in [0, 0.1) is 6.92 Å². The van der Waals surface area contributed by atoms with Crippen molar-refractivity contribution in [2.75, 3.05) is 19.6 Å². The Kier molecular flexibility index (Phi) is 7.27. The zero-order valence-electron chi connectivity index (χ0n) is 21.1. The Morgan fingerprint density at radius 1 is 1.09 bits per heavy atom. The van der Waals surface area contributed by atoms with E-state index in [1.165, 1.54) is 16.0 Å². The van der Waals surface area contributed by atoms with Crippen molar-refractivity contribution in [3.05, 3.63) is 105 Å². The Labute approximate surface area is 212 Å². The van der Waals surface area contributed by atoms with Crippen LogP contribution in [-0.2, 0) is 16.6 Å². The van der Waals surface area contributed by atoms with Gasteiger partial charge in [0.25, 0.3) is 5.91 Å². The van der Waals surface area contributed by atoms with Crippen LogP contribution in [0.2, 0.25) is 0 Å². The first-order chi connectivity index (χ1) is 16.7. The van der Waals surface area contributed by atoms with Crippen LogP contribution in [-0.4, -0.2) is 41.2 Å². The normalized spacial score (nSPS) is 15.4. The van der Waals surface area contributed by atoms with Crippen molar-refractivity contribution in [3.63, 3.8) is 0 Å². The number of fused-ring (bicyclic) bond motifs is 1. The molecule has 4 nitrogen and oxygen atoms in total. The van der Waals surface area contributed by atoms with Gasteiger partial charge in [0.1, 0.15) is 6.54 Å². The van der Waals surface area contributed by atoms with Gasteiger partial charge in [-0.25, -0.2) is 0 Å². The second-order valence-corrected chi connectivity index (χ2v) is 11.3. The number of carbonyl (C=O) groups is 2. The van der Waals surface area contributed by atoms with E-state index in [-0.39, 0.29) is 29.8 Å². The molecule has 0 N–H and O–H groups in total. The van der Waals surface area contributed by atoms with Crippen molar-refractivity contribution in [3.8, 4) is 0 Å². The largest absolute Gasteiger partial charge is 0.330 e. The maximum atomic E-state index is 13.7. The van der Waals surface area contributed by atoms with Gasteiger partial charge in [0, 0.05) is 23.5 Å². The molecule has 0 aliphatic carbocycles. The Bertz CT molecular complexity index is 1200. The molecule has 1 aliphatic rings. The van der Waals surface area contributed by atoms with Gasteiger partial charge in [0.05, 0.1) is 6.04 Å². The predicted molar refractivity (Wildman–Crippen MR) is 144 cm³/mol. The first-order valence-corrected chi connectivity index (χ1v) is 13.0. The summed E-state index contributed by atoms with van der Waals surface area (Å²) < 4.78 is 0. The number of rotatable bonds is 6. The molecule has 2 heterocycles. The molecule has 0 spiro atoms. The smallest absolute Gasteiger partial charge is 0.254 e. The molecule has 0 fully saturated rings. The minimum Gasteiger partial charge on any atom is -0.330 e. The molecule has 1 aliphatic heterocycles. The standard InChI is InChI=1S/C30H34N2O2S/c1-6-17-31(29(34)23-9-7-21(2)8-10-23)20-27(33)32-18-15-26-25(16-19-35-26)28(32)22-11-13-24(14-12-22)30(3,4)5/h6-14,16,19,28H,1,15,17-18,20H2,2-5H3. The highest BCUT2D eigenvalue weighted by Crippen LogP contribution is 2.38. The molecule has 35 heavy (non-hydrogen) atoms. The molecule has 182 valence electrons. The molecule has 1 unspecified atom stereocenters. The Hall–Kier alpha value is -3.18. The minimum absolute atomic E-state index is 0.0226. The first kappa shape index (κ1) is 24.9. The van der Waals surface area contributed by atoms with E-state index in [2.05, 4.69) is 63.1 Å². The molecule has 0 saturated heterocycles. The summed E-state index contributed by atoms with van der Waals surface area (Å²) in [6.45, 7) is 13.4. The van der Waals surface area contributed by atoms with Gasteiger partial charge in [0.15, 0.2) is 0 Å². The summed E-state index contributed by atoms with van der Waals surface area (Å²) in [5.74, 6) is -0.202. The van der Waals surface area contributed by atoms with E-state index in [0.717, 1.165) is 17.5 Å². The highest BCUT2D eigenvalue weighted by atomic mass is 32.1. The van der Waals surface area contributed by atoms with Crippen LogP contribution in [0.15, 0.2) is 72.6 Å². The second kappa shape index (κ2) is 10.2. The van der Waals surface area contributed by atoms with Gasteiger partial charge < -0.3 is 9.80 Å². The Morgan fingerprint density at radius 2 is 1.77 bits per heavy atom. The third-order valence-electron chi connectivity index (χ3n) is 6.64. The van der Waals surface area contributed by atoms with Crippen molar-refractivity contribution in [2.45, 2.75) is 45.6 Å². The Morgan fingerprint density at radius 3 is 2.40 bits per heavy atom. The molecule has 2 amide bonds. The van der Waals surface area contributed by atoms with Crippen LogP contribution in [0.4, 0.5) is 0 Å². The zero-order chi connectivity index (χ0) is 25.2. The SMILES string of the molecule is C=CCN(CC(=O)N1CCc2sccc2C1c1ccc(C(C)(C)C)cc1)C(=O)c1ccc(C)cc1. The lowest BCUT2D eigenvalue weighted by molar-refractivity contribution is -0.133. The van der Waals surface area contributed by atoms with Gasteiger partial charge in [-0.15, -0.1) is 17.9 Å². The first-order valence-electron chi connectivity index (χ1n) is 12.1. The van der Waals surface area contributed by atoms with Crippen molar-refractivity contribution in [1.29, 1.82) is 0 Å². The highest BCUT2D eigenvalue weighted by molar-refractivity contribution is 7.10. The molecule has 1 aromatic heterocycles. The van der Waals surface area contributed by atoms with Gasteiger partial charge >= 0.3 is 0 Å². The van der Waals surface area contributed by atoms with E-state index in [4.69, 9.17) is 0 Å². The summed E-state index contributed by atoms with van der Waals surface area (Å²) >= 11 is 1.75. The molecule has 1 atom stereocenters. The minimum atomic E-state index is -0.155. The fraction of sp³-hybridized carbons (Fsp3) is 0.333. The van der Waals surface area contributed by atoms with Crippen LogP contribution < -0.4 is 0 Å². The lowest BCUT2D eigenvalue weighted by Crippen LogP contribution is -2.46. The molecular weight excluding hydrogens is 452 g/mol. The molecular formula is C30H34N2O2S. The predicted octanol–water partition coefficient (Wildman–Crippen LogP) is 6.16. The number of carbonyl (C=O) groups excluding carboxylic acids is 2. The van der Waals surface area contributed by atoms with E-state index < -0.39 is 0 Å². The van der Waals surface area contributed by atoms with Gasteiger partial charge in [-0.2, -0.15) is 0 Å². The molecule has 5 heteroatoms. The van der Waals surface area contributed by atoms with Crippen molar-refractivity contribution in [2.24, 2.45) is 0 Å². The lowest BCUT2D eigenvalue weighted by Gasteiger charge is -2.37. The van der Waals surface area contributed by atoms with Gasteiger partial charge in [-0.1, -0.05) is 68.8 Å². The number of benzene rings is 2. The zero-order valence-corrected chi connectivity index (χ0v) is 21.9. The van der Waals surface area contributed by atoms with Crippen LogP contribution >= 0.6 is 11.3 Å². The van der Waals surface area contributed by atoms with Gasteiger partial charge in [-0.3, -0.25) is 9.59 Å². The number of thiophene rings is 1. The highest BCUT2D eigenvalue weighted by Gasteiger charge is 2.34. The number of aryl methyl sites for hydroxylation is 1. The third-order valence-corrected chi connectivity index (χ3v) is 7.64. The monoisotopic (exact) mass is 486 g/mol. The van der Waals surface area contributed by atoms with Crippen molar-refractivity contribution < 1.29 is 9.59 Å². The lowest BCUT2D eigenvalue weighted by atomic mass is 9.85. The van der Waals surface area contributed by atoms with Crippen LogP contribution in [0.1, 0.15) is 64.3 Å². The van der Waals surface area contributed by atoms with Crippen LogP contribution in [0.5, 0.6) is 0 Å². The van der Waals surface area contributed by atoms with E-state index in [1.807, 2.05) is 36.1 Å². The van der Waals surface area contributed by atoms with E-state index >= 15 is 0 Å². The number of hydrogen-bond donors (Lipinski definition) is 0. The summed E-state index contributed by atoms with van der Waals surface area (Å²) in [6.07, 6.45) is 2.51. The summed E-state index contributed by atoms with van der Waals surface area (Å²) in [4.78, 5) is 31.8. The second-order valence-electron chi connectivity index (χ2n) is 10.3. The summed E-state index contributed by atoms with van der Waals surface area (Å²) in [5.41, 5.74) is 5.30. The molecule has 2 aromatic carbocycles. The summed E-state index contributed by atoms with van der Waals surface area (Å²) in [6, 6.07) is 18.1. The van der Waals surface area contributed by atoms with Crippen molar-refractivity contribution >= 4 is 23.2 Å². The number of amides is 2. The fourth-order valence-corrected chi connectivity index (χ4v) is 5.52. The number of hydrogen-bond acceptors (Lipinski definition) is 3. The maximum absolute atomic E-state index is 13.7. The quantitative estimate of drug-likeness (QED) is 0.392. The molecule has 0 radical (unpaired) electrons. The maximum Gasteiger partial charge on any atom is 0.254 e. The summed E-state index contributed by atoms with van der Waals surface area (Å²) in [5, 5.41) is 2.11. The van der Waals surface area contributed by atoms with E-state index in [1.54, 1.807) is 22.3 Å². The third kappa shape index (κ3) is 5.40. The van der Waals surface area contributed by atoms with Crippen molar-refractivity contribution in [1.82, 2.24) is 9.80 Å². The molecule has 4 rings (SSSR count). The fourth-order valence-electron chi connectivity index (χ4n) is 4.62. The summed E-state index contributed by atoms with van der Waals surface area (Å²) in [7, 11) is 0. The van der Waals surface area contributed by atoms with E-state index in [9.17, 15) is 9.59 Å². The topological polar surface area (TPSA) is 40.6 Å². The average molecular weight is 487 g/mol. The average Bonchev–Trinajstić information content (AvgIpc) is 3.31. The molecule has 0 saturated carbocycles. The van der Waals surface area contributed by atoms with Gasteiger partial charge in [0.2, 0.25) is 5.91 Å². The number of nitrogens with zero attached hydrogens (tertiary/aromatic N) is 2. The van der Waals surface area contributed by atoms with Crippen LogP contribution in [0.3, 0.4) is 0 Å². The molecule has 3 aromatic rings. The molecule has 0 bridgehead atoms. The van der Waals surface area contributed by atoms with Gasteiger partial charge in [-0.05, 0) is 59.0 Å².